The van der Waals surface area contributed by atoms with Gasteiger partial charge in [0, 0.05) is 56.7 Å². The van der Waals surface area contributed by atoms with E-state index in [1.165, 1.54) is 24.3 Å². The average Bonchev–Trinajstić information content (AvgIpc) is 2.65. The molecule has 1 aromatic rings. The molecule has 0 saturated carbocycles. The number of amides is 3. The molecule has 1 aromatic carbocycles. The van der Waals surface area contributed by atoms with Gasteiger partial charge < -0.3 is 9.80 Å². The van der Waals surface area contributed by atoms with Crippen molar-refractivity contribution in [1.29, 1.82) is 0 Å². The van der Waals surface area contributed by atoms with Crippen LogP contribution in [0.3, 0.4) is 0 Å². The monoisotopic (exact) mass is 349 g/mol. The first-order valence-corrected chi connectivity index (χ1v) is 7.73. The standard InChI is InChI=1S/C15H19N5O5/c16-17-13(21)5-6-14(22)18-7-9-19(10-8-18)15(23)11-1-3-12(4-2-11)20(24)25/h1-4H,5-10,16H2,(H,17,21). The summed E-state index contributed by atoms with van der Waals surface area (Å²) in [5.41, 5.74) is 2.26. The Bertz CT molecular complexity index is 667. The van der Waals surface area contributed by atoms with Gasteiger partial charge in [-0.1, -0.05) is 0 Å². The number of carbonyl (C=O) groups excluding carboxylic acids is 3. The van der Waals surface area contributed by atoms with E-state index in [1.807, 2.05) is 5.43 Å². The Hall–Kier alpha value is -3.01. The first-order valence-electron chi connectivity index (χ1n) is 7.73. The van der Waals surface area contributed by atoms with Gasteiger partial charge in [0.1, 0.15) is 0 Å². The molecule has 1 saturated heterocycles. The van der Waals surface area contributed by atoms with Gasteiger partial charge in [-0.15, -0.1) is 0 Å². The van der Waals surface area contributed by atoms with Crippen molar-refractivity contribution in [3.05, 3.63) is 39.9 Å². The number of nitro groups is 1. The van der Waals surface area contributed by atoms with Gasteiger partial charge in [-0.2, -0.15) is 0 Å². The van der Waals surface area contributed by atoms with Gasteiger partial charge in [0.05, 0.1) is 4.92 Å². The first kappa shape index (κ1) is 18.3. The second-order valence-electron chi connectivity index (χ2n) is 5.54. The van der Waals surface area contributed by atoms with Gasteiger partial charge in [-0.3, -0.25) is 29.9 Å². The largest absolute Gasteiger partial charge is 0.339 e. The molecular weight excluding hydrogens is 330 g/mol. The molecule has 0 atom stereocenters. The Morgan fingerprint density at radius 1 is 1.04 bits per heavy atom. The van der Waals surface area contributed by atoms with Crippen molar-refractivity contribution in [3.8, 4) is 0 Å². The zero-order chi connectivity index (χ0) is 18.4. The molecule has 10 nitrogen and oxygen atoms in total. The number of nitrogens with one attached hydrogen (secondary N) is 1. The number of hydrogen-bond donors (Lipinski definition) is 2. The smallest absolute Gasteiger partial charge is 0.269 e. The summed E-state index contributed by atoms with van der Waals surface area (Å²) >= 11 is 0. The van der Waals surface area contributed by atoms with Crippen molar-refractivity contribution < 1.29 is 19.3 Å². The van der Waals surface area contributed by atoms with Crippen molar-refractivity contribution in [3.63, 3.8) is 0 Å². The third-order valence-electron chi connectivity index (χ3n) is 3.97. The van der Waals surface area contributed by atoms with Crippen LogP contribution in [0.5, 0.6) is 0 Å². The van der Waals surface area contributed by atoms with E-state index in [0.29, 0.717) is 31.7 Å². The van der Waals surface area contributed by atoms with E-state index in [4.69, 9.17) is 5.84 Å². The summed E-state index contributed by atoms with van der Waals surface area (Å²) in [6.45, 7) is 1.49. The number of nitrogens with zero attached hydrogens (tertiary/aromatic N) is 3. The highest BCUT2D eigenvalue weighted by Crippen LogP contribution is 2.15. The van der Waals surface area contributed by atoms with E-state index in [1.54, 1.807) is 9.80 Å². The molecule has 1 aliphatic rings. The molecule has 3 N–H and O–H groups in total. The number of nitrogens with two attached hydrogens (primary N) is 1. The zero-order valence-corrected chi connectivity index (χ0v) is 13.5. The summed E-state index contributed by atoms with van der Waals surface area (Å²) in [5.74, 6) is 4.17. The van der Waals surface area contributed by atoms with Crippen LogP contribution in [0.25, 0.3) is 0 Å². The van der Waals surface area contributed by atoms with E-state index in [0.717, 1.165) is 0 Å². The molecule has 0 bridgehead atoms. The van der Waals surface area contributed by atoms with Gasteiger partial charge in [0.2, 0.25) is 11.8 Å². The molecule has 1 heterocycles. The molecule has 134 valence electrons. The summed E-state index contributed by atoms with van der Waals surface area (Å²) < 4.78 is 0. The molecule has 1 fully saturated rings. The maximum Gasteiger partial charge on any atom is 0.269 e. The maximum atomic E-state index is 12.4. The summed E-state index contributed by atoms with van der Waals surface area (Å²) in [7, 11) is 0. The molecule has 0 spiro atoms. The average molecular weight is 349 g/mol. The van der Waals surface area contributed by atoms with Crippen molar-refractivity contribution in [1.82, 2.24) is 15.2 Å². The van der Waals surface area contributed by atoms with Crippen molar-refractivity contribution >= 4 is 23.4 Å². The topological polar surface area (TPSA) is 139 Å². The second kappa shape index (κ2) is 8.20. The lowest BCUT2D eigenvalue weighted by atomic mass is 10.1. The van der Waals surface area contributed by atoms with Gasteiger partial charge in [0.15, 0.2) is 0 Å². The van der Waals surface area contributed by atoms with Gasteiger partial charge in [-0.05, 0) is 12.1 Å². The Kier molecular flexibility index (Phi) is 6.01. The highest BCUT2D eigenvalue weighted by atomic mass is 16.6. The van der Waals surface area contributed by atoms with Crippen LogP contribution < -0.4 is 11.3 Å². The minimum absolute atomic E-state index is 0.0251. The van der Waals surface area contributed by atoms with Crippen LogP contribution >= 0.6 is 0 Å². The van der Waals surface area contributed by atoms with E-state index in [9.17, 15) is 24.5 Å². The van der Waals surface area contributed by atoms with Crippen LogP contribution in [0.1, 0.15) is 23.2 Å². The molecule has 25 heavy (non-hydrogen) atoms. The zero-order valence-electron chi connectivity index (χ0n) is 13.5. The van der Waals surface area contributed by atoms with Crippen LogP contribution in [0, 0.1) is 10.1 Å². The molecule has 10 heteroatoms. The van der Waals surface area contributed by atoms with Crippen molar-refractivity contribution in [2.75, 3.05) is 26.2 Å². The second-order valence-corrected chi connectivity index (χ2v) is 5.54. The third-order valence-corrected chi connectivity index (χ3v) is 3.97. The van der Waals surface area contributed by atoms with Crippen molar-refractivity contribution in [2.24, 2.45) is 5.84 Å². The predicted molar refractivity (Wildman–Crippen MR) is 87.1 cm³/mol. The molecule has 0 unspecified atom stereocenters. The third kappa shape index (κ3) is 4.73. The fourth-order valence-corrected chi connectivity index (χ4v) is 2.52. The Labute approximate surface area is 143 Å². The lowest BCUT2D eigenvalue weighted by molar-refractivity contribution is -0.384. The first-order chi connectivity index (χ1) is 11.9. The highest BCUT2D eigenvalue weighted by Gasteiger charge is 2.25. The predicted octanol–water partition coefficient (Wildman–Crippen LogP) is -0.351. The van der Waals surface area contributed by atoms with Gasteiger partial charge in [-0.25, -0.2) is 5.84 Å². The molecule has 2 rings (SSSR count). The molecule has 0 aromatic heterocycles. The molecule has 0 aliphatic carbocycles. The van der Waals surface area contributed by atoms with E-state index < -0.39 is 10.8 Å². The molecule has 3 amide bonds. The maximum absolute atomic E-state index is 12.4. The molecule has 1 aliphatic heterocycles. The minimum atomic E-state index is -0.524. The Morgan fingerprint density at radius 2 is 1.60 bits per heavy atom. The Balaban J connectivity index is 1.86. The van der Waals surface area contributed by atoms with Crippen LogP contribution in [-0.2, 0) is 9.59 Å². The van der Waals surface area contributed by atoms with Crippen molar-refractivity contribution in [2.45, 2.75) is 12.8 Å². The number of carbonyl (C=O) groups is 3. The number of benzene rings is 1. The van der Waals surface area contributed by atoms with Crippen LogP contribution in [0.15, 0.2) is 24.3 Å². The van der Waals surface area contributed by atoms with Crippen LogP contribution in [0.4, 0.5) is 5.69 Å². The number of hydrogen-bond acceptors (Lipinski definition) is 6. The summed E-state index contributed by atoms with van der Waals surface area (Å²) in [6, 6.07) is 5.41. The fourth-order valence-electron chi connectivity index (χ4n) is 2.52. The number of hydrazine groups is 1. The lowest BCUT2D eigenvalue weighted by Gasteiger charge is -2.34. The van der Waals surface area contributed by atoms with E-state index >= 15 is 0 Å². The number of rotatable bonds is 5. The number of nitro benzene ring substituents is 1. The quantitative estimate of drug-likeness (QED) is 0.322. The fraction of sp³-hybridized carbons (Fsp3) is 0.400. The van der Waals surface area contributed by atoms with Crippen LogP contribution in [0.2, 0.25) is 0 Å². The summed E-state index contributed by atoms with van der Waals surface area (Å²) in [6.07, 6.45) is 0.0939. The SMILES string of the molecule is NNC(=O)CCC(=O)N1CCN(C(=O)c2ccc([N+](=O)[O-])cc2)CC1. The molecular formula is C15H19N5O5. The van der Waals surface area contributed by atoms with Gasteiger partial charge >= 0.3 is 0 Å². The number of non-ortho nitro benzene ring substituents is 1. The number of piperazine rings is 1. The molecule has 0 radical (unpaired) electrons. The summed E-state index contributed by atoms with van der Waals surface area (Å²) in [4.78, 5) is 48.8. The van der Waals surface area contributed by atoms with Crippen LogP contribution in [-0.4, -0.2) is 58.6 Å². The lowest BCUT2D eigenvalue weighted by Crippen LogP contribution is -2.50. The minimum Gasteiger partial charge on any atom is -0.339 e. The summed E-state index contributed by atoms with van der Waals surface area (Å²) in [5, 5.41) is 10.6. The van der Waals surface area contributed by atoms with E-state index in [-0.39, 0.29) is 30.3 Å². The highest BCUT2D eigenvalue weighted by molar-refractivity contribution is 5.94. The Morgan fingerprint density at radius 3 is 2.12 bits per heavy atom. The normalized spacial score (nSPS) is 14.1. The van der Waals surface area contributed by atoms with E-state index in [2.05, 4.69) is 0 Å². The van der Waals surface area contributed by atoms with Gasteiger partial charge in [0.25, 0.3) is 11.6 Å².